The van der Waals surface area contributed by atoms with E-state index in [9.17, 15) is 9.59 Å². The van der Waals surface area contributed by atoms with E-state index in [1.54, 1.807) is 25.1 Å². The molecule has 0 spiro atoms. The molecule has 0 bridgehead atoms. The van der Waals surface area contributed by atoms with E-state index in [0.717, 1.165) is 0 Å². The van der Waals surface area contributed by atoms with Crippen molar-refractivity contribution in [3.63, 3.8) is 0 Å². The van der Waals surface area contributed by atoms with Crippen LogP contribution in [-0.2, 0) is 9.59 Å². The number of halogens is 1. The topological polar surface area (TPSA) is 61.8 Å². The van der Waals surface area contributed by atoms with E-state index in [-0.39, 0.29) is 5.75 Å². The summed E-state index contributed by atoms with van der Waals surface area (Å²) in [7, 11) is 0. The van der Waals surface area contributed by atoms with Gasteiger partial charge in [0.25, 0.3) is 0 Å². The maximum Gasteiger partial charge on any atom is 0.308 e. The lowest BCUT2D eigenvalue weighted by atomic mass is 10.1. The van der Waals surface area contributed by atoms with Gasteiger partial charge in [-0.1, -0.05) is 11.6 Å². The first-order chi connectivity index (χ1) is 10.4. The SMILES string of the molecule is CCOc1cc(OC(C)=O)c2cc(Cl)ccc2c1OC(C)=O. The molecule has 0 atom stereocenters. The molecule has 2 aromatic rings. The third-order valence-corrected chi connectivity index (χ3v) is 3.01. The zero-order valence-corrected chi connectivity index (χ0v) is 13.2. The number of hydrogen-bond acceptors (Lipinski definition) is 5. The normalized spacial score (nSPS) is 10.4. The van der Waals surface area contributed by atoms with E-state index in [1.165, 1.54) is 19.9 Å². The minimum Gasteiger partial charge on any atom is -0.490 e. The first-order valence-electron chi connectivity index (χ1n) is 6.68. The Labute approximate surface area is 132 Å². The summed E-state index contributed by atoms with van der Waals surface area (Å²) >= 11 is 6.01. The number of benzene rings is 2. The molecule has 0 aliphatic heterocycles. The van der Waals surface area contributed by atoms with Crippen LogP contribution in [0.4, 0.5) is 0 Å². The molecule has 0 saturated carbocycles. The van der Waals surface area contributed by atoms with Crippen LogP contribution in [0.2, 0.25) is 5.02 Å². The monoisotopic (exact) mass is 322 g/mol. The van der Waals surface area contributed by atoms with E-state index in [0.29, 0.717) is 33.9 Å². The van der Waals surface area contributed by atoms with E-state index in [1.807, 2.05) is 0 Å². The van der Waals surface area contributed by atoms with Gasteiger partial charge in [0.15, 0.2) is 11.5 Å². The van der Waals surface area contributed by atoms with Gasteiger partial charge in [-0.2, -0.15) is 0 Å². The van der Waals surface area contributed by atoms with Gasteiger partial charge in [0.2, 0.25) is 0 Å². The van der Waals surface area contributed by atoms with Gasteiger partial charge in [-0.15, -0.1) is 0 Å². The van der Waals surface area contributed by atoms with Crippen LogP contribution in [-0.4, -0.2) is 18.5 Å². The van der Waals surface area contributed by atoms with Crippen molar-refractivity contribution in [2.75, 3.05) is 6.61 Å². The van der Waals surface area contributed by atoms with Crippen LogP contribution in [0, 0.1) is 0 Å². The Bertz CT molecular complexity index is 739. The fraction of sp³-hybridized carbons (Fsp3) is 0.250. The van der Waals surface area contributed by atoms with Crippen molar-refractivity contribution in [3.05, 3.63) is 29.3 Å². The maximum absolute atomic E-state index is 11.4. The molecular weight excluding hydrogens is 308 g/mol. The molecule has 6 heteroatoms. The van der Waals surface area contributed by atoms with Gasteiger partial charge in [-0.05, 0) is 25.1 Å². The van der Waals surface area contributed by atoms with Crippen LogP contribution in [0.3, 0.4) is 0 Å². The van der Waals surface area contributed by atoms with Gasteiger partial charge < -0.3 is 14.2 Å². The molecule has 0 amide bonds. The summed E-state index contributed by atoms with van der Waals surface area (Å²) in [6, 6.07) is 6.50. The Hall–Kier alpha value is -2.27. The van der Waals surface area contributed by atoms with Gasteiger partial charge in [-0.3, -0.25) is 9.59 Å². The molecule has 0 N–H and O–H groups in total. The Morgan fingerprint density at radius 2 is 1.68 bits per heavy atom. The predicted molar refractivity (Wildman–Crippen MR) is 82.7 cm³/mol. The minimum absolute atomic E-state index is 0.275. The van der Waals surface area contributed by atoms with Crippen molar-refractivity contribution in [3.8, 4) is 17.2 Å². The Morgan fingerprint density at radius 3 is 2.27 bits per heavy atom. The Kier molecular flexibility index (Phi) is 4.88. The van der Waals surface area contributed by atoms with Gasteiger partial charge >= 0.3 is 11.9 Å². The quantitative estimate of drug-likeness (QED) is 0.634. The lowest BCUT2D eigenvalue weighted by molar-refractivity contribution is -0.133. The molecular formula is C16H15ClO5. The molecule has 0 aromatic heterocycles. The largest absolute Gasteiger partial charge is 0.490 e. The minimum atomic E-state index is -0.475. The number of ether oxygens (including phenoxy) is 3. The molecule has 0 heterocycles. The van der Waals surface area contributed by atoms with Gasteiger partial charge in [0, 0.05) is 35.7 Å². The van der Waals surface area contributed by atoms with Crippen LogP contribution in [0.15, 0.2) is 24.3 Å². The standard InChI is InChI=1S/C16H15ClO5/c1-4-20-15-8-14(21-9(2)18)13-7-11(17)5-6-12(13)16(15)22-10(3)19/h5-8H,4H2,1-3H3. The maximum atomic E-state index is 11.4. The Balaban J connectivity index is 2.76. The number of carbonyl (C=O) groups excluding carboxylic acids is 2. The average molecular weight is 323 g/mol. The molecule has 0 aliphatic carbocycles. The van der Waals surface area contributed by atoms with Crippen LogP contribution >= 0.6 is 11.6 Å². The molecule has 0 aliphatic rings. The summed E-state index contributed by atoms with van der Waals surface area (Å²) < 4.78 is 16.0. The summed E-state index contributed by atoms with van der Waals surface area (Å²) in [5, 5.41) is 1.60. The molecule has 0 radical (unpaired) electrons. The highest BCUT2D eigenvalue weighted by Crippen LogP contribution is 2.42. The number of fused-ring (bicyclic) bond motifs is 1. The highest BCUT2D eigenvalue weighted by Gasteiger charge is 2.18. The van der Waals surface area contributed by atoms with Gasteiger partial charge in [0.05, 0.1) is 6.61 Å². The van der Waals surface area contributed by atoms with Crippen LogP contribution in [0.1, 0.15) is 20.8 Å². The smallest absolute Gasteiger partial charge is 0.308 e. The average Bonchev–Trinajstić information content (AvgIpc) is 2.42. The first-order valence-corrected chi connectivity index (χ1v) is 7.06. The second-order valence-corrected chi connectivity index (χ2v) is 4.95. The third-order valence-electron chi connectivity index (χ3n) is 2.78. The van der Waals surface area contributed by atoms with E-state index in [4.69, 9.17) is 25.8 Å². The third kappa shape index (κ3) is 3.49. The molecule has 0 fully saturated rings. The van der Waals surface area contributed by atoms with Crippen molar-refractivity contribution in [1.29, 1.82) is 0 Å². The Morgan fingerprint density at radius 1 is 1.00 bits per heavy atom. The van der Waals surface area contributed by atoms with Crippen LogP contribution in [0.25, 0.3) is 10.8 Å². The summed E-state index contributed by atoms with van der Waals surface area (Å²) in [5.41, 5.74) is 0. The lowest BCUT2D eigenvalue weighted by Crippen LogP contribution is -2.07. The summed E-state index contributed by atoms with van der Waals surface area (Å²) in [6.07, 6.45) is 0. The molecule has 2 aromatic carbocycles. The fourth-order valence-corrected chi connectivity index (χ4v) is 2.24. The van der Waals surface area contributed by atoms with E-state index in [2.05, 4.69) is 0 Å². The number of esters is 2. The van der Waals surface area contributed by atoms with Crippen LogP contribution in [0.5, 0.6) is 17.2 Å². The highest BCUT2D eigenvalue weighted by molar-refractivity contribution is 6.31. The van der Waals surface area contributed by atoms with Gasteiger partial charge in [0.1, 0.15) is 5.75 Å². The van der Waals surface area contributed by atoms with Crippen molar-refractivity contribution >= 4 is 34.3 Å². The summed E-state index contributed by atoms with van der Waals surface area (Å²) in [5.74, 6) is -0.0496. The molecule has 2 rings (SSSR count). The molecule has 0 unspecified atom stereocenters. The van der Waals surface area contributed by atoms with Crippen molar-refractivity contribution in [2.45, 2.75) is 20.8 Å². The van der Waals surface area contributed by atoms with E-state index >= 15 is 0 Å². The van der Waals surface area contributed by atoms with Crippen molar-refractivity contribution in [2.24, 2.45) is 0 Å². The molecule has 5 nitrogen and oxygen atoms in total. The highest BCUT2D eigenvalue weighted by atomic mass is 35.5. The summed E-state index contributed by atoms with van der Waals surface area (Å²) in [4.78, 5) is 22.6. The number of carbonyl (C=O) groups is 2. The second kappa shape index (κ2) is 6.66. The second-order valence-electron chi connectivity index (χ2n) is 4.51. The molecule has 0 saturated heterocycles. The van der Waals surface area contributed by atoms with E-state index < -0.39 is 11.9 Å². The fourth-order valence-electron chi connectivity index (χ4n) is 2.06. The van der Waals surface area contributed by atoms with Crippen molar-refractivity contribution in [1.82, 2.24) is 0 Å². The van der Waals surface area contributed by atoms with Gasteiger partial charge in [-0.25, -0.2) is 0 Å². The van der Waals surface area contributed by atoms with Crippen molar-refractivity contribution < 1.29 is 23.8 Å². The zero-order valence-electron chi connectivity index (χ0n) is 12.4. The predicted octanol–water partition coefficient (Wildman–Crippen LogP) is 3.74. The molecule has 22 heavy (non-hydrogen) atoms. The number of rotatable bonds is 4. The zero-order chi connectivity index (χ0) is 16.3. The molecule has 116 valence electrons. The number of hydrogen-bond donors (Lipinski definition) is 0. The van der Waals surface area contributed by atoms with Crippen LogP contribution < -0.4 is 14.2 Å². The lowest BCUT2D eigenvalue weighted by Gasteiger charge is -2.15. The summed E-state index contributed by atoms with van der Waals surface area (Å²) in [6.45, 7) is 4.77. The first kappa shape index (κ1) is 16.1.